The molecule has 366 valence electrons. The molecular weight excluding hydrogens is 1040 g/mol. The van der Waals surface area contributed by atoms with Crippen LogP contribution in [0.15, 0.2) is 132 Å². The van der Waals surface area contributed by atoms with E-state index in [0.717, 1.165) is 72.4 Å². The van der Waals surface area contributed by atoms with Crippen LogP contribution in [0.1, 0.15) is 47.9 Å². The predicted octanol–water partition coefficient (Wildman–Crippen LogP) is 13.5. The molecule has 72 heavy (non-hydrogen) atoms. The minimum atomic E-state index is -1.04. The first-order valence-electron chi connectivity index (χ1n) is 22.2. The van der Waals surface area contributed by atoms with Gasteiger partial charge in [-0.1, -0.05) is 107 Å². The van der Waals surface area contributed by atoms with Gasteiger partial charge >= 0.3 is 17.9 Å². The molecule has 1 saturated heterocycles. The molecule has 0 atom stereocenters. The van der Waals surface area contributed by atoms with Crippen molar-refractivity contribution >= 4 is 92.9 Å². The number of ether oxygens (including phenoxy) is 2. The van der Waals surface area contributed by atoms with Gasteiger partial charge in [0.15, 0.2) is 0 Å². The molecule has 12 nitrogen and oxygen atoms in total. The van der Waals surface area contributed by atoms with E-state index < -0.39 is 17.9 Å². The molecule has 0 radical (unpaired) electrons. The summed E-state index contributed by atoms with van der Waals surface area (Å²) in [5.41, 5.74) is 8.43. The number of benzene rings is 6. The Balaban J connectivity index is 0.000000197. The number of carboxylic acid groups (broad SMARTS) is 2. The first kappa shape index (κ1) is 51.9. The van der Waals surface area contributed by atoms with Gasteiger partial charge in [0.1, 0.15) is 10.0 Å². The van der Waals surface area contributed by atoms with Crippen molar-refractivity contribution in [2.45, 2.75) is 6.42 Å². The molecule has 1 aliphatic rings. The molecule has 0 aliphatic carbocycles. The zero-order valence-corrected chi connectivity index (χ0v) is 42.8. The van der Waals surface area contributed by atoms with E-state index in [1.807, 2.05) is 35.0 Å². The summed E-state index contributed by atoms with van der Waals surface area (Å²) in [6.45, 7) is 4.89. The second-order valence-corrected chi connectivity index (χ2v) is 19.5. The van der Waals surface area contributed by atoms with Gasteiger partial charge < -0.3 is 25.0 Å². The Morgan fingerprint density at radius 2 is 1.07 bits per heavy atom. The summed E-state index contributed by atoms with van der Waals surface area (Å²) < 4.78 is 10.3. The van der Waals surface area contributed by atoms with E-state index in [0.29, 0.717) is 70.6 Å². The third kappa shape index (κ3) is 12.6. The number of morpholine rings is 1. The van der Waals surface area contributed by atoms with E-state index in [4.69, 9.17) is 61.0 Å². The van der Waals surface area contributed by atoms with Crippen molar-refractivity contribution in [2.75, 3.05) is 46.5 Å². The number of thiazole rings is 2. The fourth-order valence-electron chi connectivity index (χ4n) is 7.73. The van der Waals surface area contributed by atoms with E-state index in [1.165, 1.54) is 41.9 Å². The summed E-state index contributed by atoms with van der Waals surface area (Å²) in [6, 6.07) is 34.6. The van der Waals surface area contributed by atoms with Crippen LogP contribution in [-0.4, -0.2) is 95.4 Å². The minimum Gasteiger partial charge on any atom is -0.478 e. The number of carbonyl (C=O) groups is 4. The molecule has 0 saturated carbocycles. The summed E-state index contributed by atoms with van der Waals surface area (Å²) in [4.78, 5) is 60.1. The van der Waals surface area contributed by atoms with Crippen molar-refractivity contribution < 1.29 is 38.9 Å². The van der Waals surface area contributed by atoms with Crippen LogP contribution in [0.2, 0.25) is 20.1 Å². The lowest BCUT2D eigenvalue weighted by atomic mass is 9.96. The number of carbonyl (C=O) groups excluding carboxylic acids is 2. The van der Waals surface area contributed by atoms with Crippen LogP contribution in [-0.2, 0) is 9.47 Å². The van der Waals surface area contributed by atoms with Crippen molar-refractivity contribution in [3.05, 3.63) is 174 Å². The first-order chi connectivity index (χ1) is 34.8. The number of nitrogens with zero attached hydrogens (tertiary/aromatic N) is 3. The Morgan fingerprint density at radius 3 is 1.56 bits per heavy atom. The lowest BCUT2D eigenvalue weighted by Crippen LogP contribution is -2.38. The van der Waals surface area contributed by atoms with Crippen molar-refractivity contribution in [1.82, 2.24) is 20.2 Å². The van der Waals surface area contributed by atoms with Crippen molar-refractivity contribution in [3.8, 4) is 65.9 Å². The van der Waals surface area contributed by atoms with Gasteiger partial charge in [0.05, 0.1) is 68.5 Å². The van der Waals surface area contributed by atoms with Crippen molar-refractivity contribution in [2.24, 2.45) is 0 Å². The second-order valence-electron chi connectivity index (χ2n) is 16.2. The number of hydrogen-bond acceptors (Lipinski definition) is 11. The maximum Gasteiger partial charge on any atom is 0.338 e. The number of nitrogens with one attached hydrogen (secondary N) is 1. The van der Waals surface area contributed by atoms with Gasteiger partial charge in [0.25, 0.3) is 5.91 Å². The quantitative estimate of drug-likeness (QED) is 0.0700. The number of carboxylic acids is 2. The molecule has 18 heteroatoms. The van der Waals surface area contributed by atoms with Crippen LogP contribution < -0.4 is 5.32 Å². The molecule has 8 aromatic rings. The van der Waals surface area contributed by atoms with Crippen LogP contribution >= 0.6 is 69.1 Å². The molecule has 3 N–H and O–H groups in total. The molecule has 3 heterocycles. The van der Waals surface area contributed by atoms with Gasteiger partial charge in [-0.05, 0) is 95.9 Å². The van der Waals surface area contributed by atoms with Crippen LogP contribution in [0.25, 0.3) is 65.9 Å². The lowest BCUT2D eigenvalue weighted by Gasteiger charge is -2.26. The van der Waals surface area contributed by atoms with E-state index in [2.05, 4.69) is 20.2 Å². The van der Waals surface area contributed by atoms with E-state index in [9.17, 15) is 24.3 Å². The third-order valence-corrected chi connectivity index (χ3v) is 14.8. The molecule has 1 fully saturated rings. The number of amides is 1. The van der Waals surface area contributed by atoms with Crippen LogP contribution in [0.4, 0.5) is 0 Å². The standard InChI is InChI=1S/C30H27Cl2N3O4S.C24H15Cl2NO4S/c31-25-9-7-21(17-26(25)32)27-18-40-29(34-27)22-6-8-23(24(16-22)30(37)38)19-2-4-20(5-3-19)28(36)33-10-1-11-35-12-14-39-15-13-35;1-31-24(30)18-10-16(6-8-17(18)13-2-4-14(5-3-13)23(28)29)22-27-21(12-32-22)15-7-9-19(25)20(26)11-15/h2-9,16-18H,1,10-15H2,(H,33,36)(H,37,38);2-12H,1H3,(H,28,29). The number of aromatic nitrogens is 2. The summed E-state index contributed by atoms with van der Waals surface area (Å²) >= 11 is 27.2. The van der Waals surface area contributed by atoms with E-state index in [-0.39, 0.29) is 17.0 Å². The molecule has 1 aliphatic heterocycles. The number of esters is 1. The maximum absolute atomic E-state index is 12.6. The van der Waals surface area contributed by atoms with Crippen molar-refractivity contribution in [1.29, 1.82) is 0 Å². The highest BCUT2D eigenvalue weighted by Gasteiger charge is 2.20. The molecule has 0 bridgehead atoms. The fraction of sp³-hybridized carbons (Fsp3) is 0.148. The molecule has 0 unspecified atom stereocenters. The zero-order chi connectivity index (χ0) is 50.9. The maximum atomic E-state index is 12.6. The zero-order valence-electron chi connectivity index (χ0n) is 38.2. The lowest BCUT2D eigenvalue weighted by molar-refractivity contribution is 0.0374. The summed E-state index contributed by atoms with van der Waals surface area (Å²) in [6.07, 6.45) is 0.867. The summed E-state index contributed by atoms with van der Waals surface area (Å²) in [5.74, 6) is -2.70. The highest BCUT2D eigenvalue weighted by Crippen LogP contribution is 2.37. The molecule has 1 amide bonds. The van der Waals surface area contributed by atoms with Gasteiger partial charge in [-0.2, -0.15) is 0 Å². The Labute approximate surface area is 442 Å². The first-order valence-corrected chi connectivity index (χ1v) is 25.5. The Morgan fingerprint density at radius 1 is 0.597 bits per heavy atom. The molecule has 9 rings (SSSR count). The van der Waals surface area contributed by atoms with Gasteiger partial charge in [-0.15, -0.1) is 22.7 Å². The molecular formula is C54H42Cl4N4O8S2. The number of halogens is 4. The highest BCUT2D eigenvalue weighted by atomic mass is 35.5. The Bertz CT molecular complexity index is 3290. The SMILES string of the molecule is COC(=O)c1cc(-c2nc(-c3ccc(Cl)c(Cl)c3)cs2)ccc1-c1ccc(C(=O)O)cc1.O=C(NCCCN1CCOCC1)c1ccc(-c2ccc(-c3nc(-c4ccc(Cl)c(Cl)c4)cs3)cc2C(=O)O)cc1. The van der Waals surface area contributed by atoms with Gasteiger partial charge in [-0.25, -0.2) is 24.4 Å². The van der Waals surface area contributed by atoms with Gasteiger partial charge in [0.2, 0.25) is 0 Å². The normalized spacial score (nSPS) is 12.4. The topological polar surface area (TPSA) is 168 Å². The van der Waals surface area contributed by atoms with Crippen LogP contribution in [0, 0.1) is 0 Å². The summed E-state index contributed by atoms with van der Waals surface area (Å²) in [7, 11) is 1.32. The average molecular weight is 1080 g/mol. The van der Waals surface area contributed by atoms with Crippen LogP contribution in [0.5, 0.6) is 0 Å². The van der Waals surface area contributed by atoms with Gasteiger partial charge in [-0.3, -0.25) is 9.69 Å². The largest absolute Gasteiger partial charge is 0.478 e. The minimum absolute atomic E-state index is 0.149. The smallest absolute Gasteiger partial charge is 0.338 e. The Hall–Kier alpha value is -6.46. The average Bonchev–Trinajstić information content (AvgIpc) is 4.11. The number of hydrogen-bond donors (Lipinski definition) is 3. The second kappa shape index (κ2) is 23.8. The third-order valence-electron chi connectivity index (χ3n) is 11.5. The van der Waals surface area contributed by atoms with Gasteiger partial charge in [0, 0.05) is 58.2 Å². The molecule has 0 spiro atoms. The number of aromatic carboxylic acids is 2. The fourth-order valence-corrected chi connectivity index (χ4v) is 9.98. The molecule has 2 aromatic heterocycles. The Kier molecular flexibility index (Phi) is 17.2. The van der Waals surface area contributed by atoms with Crippen LogP contribution in [0.3, 0.4) is 0 Å². The van der Waals surface area contributed by atoms with Crippen molar-refractivity contribution in [3.63, 3.8) is 0 Å². The predicted molar refractivity (Wildman–Crippen MR) is 286 cm³/mol. The number of methoxy groups -OCH3 is 1. The van der Waals surface area contributed by atoms with E-state index in [1.54, 1.807) is 84.9 Å². The number of rotatable bonds is 14. The molecule has 6 aromatic carbocycles. The summed E-state index contributed by atoms with van der Waals surface area (Å²) in [5, 5.41) is 29.1. The monoisotopic (exact) mass is 1080 g/mol. The highest BCUT2D eigenvalue weighted by molar-refractivity contribution is 7.13. The van der Waals surface area contributed by atoms with E-state index >= 15 is 0 Å².